The normalized spacial score (nSPS) is 24.1. The Morgan fingerprint density at radius 3 is 2.89 bits per heavy atom. The van der Waals surface area contributed by atoms with E-state index in [1.165, 1.54) is 19.4 Å². The number of carbonyl (C=O) groups is 1. The fourth-order valence-corrected chi connectivity index (χ4v) is 3.74. The molecule has 19 heavy (non-hydrogen) atoms. The van der Waals surface area contributed by atoms with Crippen LogP contribution in [-0.2, 0) is 0 Å². The third-order valence-electron chi connectivity index (χ3n) is 4.16. The molecule has 2 saturated heterocycles. The minimum Gasteiger partial charge on any atom is -0.337 e. The van der Waals surface area contributed by atoms with Crippen LogP contribution in [-0.4, -0.2) is 47.9 Å². The van der Waals surface area contributed by atoms with Gasteiger partial charge in [-0.3, -0.25) is 9.69 Å². The third kappa shape index (κ3) is 2.94. The molecule has 0 N–H and O–H groups in total. The highest BCUT2D eigenvalue weighted by molar-refractivity contribution is 14.1. The second kappa shape index (κ2) is 5.79. The summed E-state index contributed by atoms with van der Waals surface area (Å²) >= 11 is 2.26. The maximum Gasteiger partial charge on any atom is 0.253 e. The Hall–Kier alpha value is -0.620. The maximum atomic E-state index is 12.6. The molecule has 1 aromatic rings. The lowest BCUT2D eigenvalue weighted by molar-refractivity contribution is 0.0743. The van der Waals surface area contributed by atoms with E-state index in [0.717, 1.165) is 35.2 Å². The molecule has 0 radical (unpaired) electrons. The predicted molar refractivity (Wildman–Crippen MR) is 84.3 cm³/mol. The van der Waals surface area contributed by atoms with Crippen LogP contribution in [0.1, 0.15) is 29.6 Å². The Kier molecular flexibility index (Phi) is 4.07. The highest BCUT2D eigenvalue weighted by Crippen LogP contribution is 2.22. The van der Waals surface area contributed by atoms with Crippen LogP contribution in [0.25, 0.3) is 0 Å². The van der Waals surface area contributed by atoms with Crippen molar-refractivity contribution in [2.24, 2.45) is 0 Å². The number of hydrogen-bond donors (Lipinski definition) is 0. The van der Waals surface area contributed by atoms with E-state index in [9.17, 15) is 4.79 Å². The van der Waals surface area contributed by atoms with Gasteiger partial charge in [-0.05, 0) is 66.6 Å². The lowest BCUT2D eigenvalue weighted by Gasteiger charge is -2.25. The van der Waals surface area contributed by atoms with E-state index in [4.69, 9.17) is 0 Å². The Morgan fingerprint density at radius 2 is 2.05 bits per heavy atom. The lowest BCUT2D eigenvalue weighted by Crippen LogP contribution is -2.39. The van der Waals surface area contributed by atoms with Crippen molar-refractivity contribution in [3.05, 3.63) is 33.4 Å². The summed E-state index contributed by atoms with van der Waals surface area (Å²) in [7, 11) is 0. The first-order valence-corrected chi connectivity index (χ1v) is 8.11. The van der Waals surface area contributed by atoms with Crippen molar-refractivity contribution in [1.29, 1.82) is 0 Å². The number of halogens is 1. The number of amides is 1. The molecule has 2 aliphatic rings. The molecule has 4 heteroatoms. The molecule has 0 aromatic heterocycles. The largest absolute Gasteiger partial charge is 0.337 e. The molecule has 1 amide bonds. The van der Waals surface area contributed by atoms with Crippen LogP contribution in [0.2, 0.25) is 0 Å². The summed E-state index contributed by atoms with van der Waals surface area (Å²) in [5, 5.41) is 0. The summed E-state index contributed by atoms with van der Waals surface area (Å²) in [5.41, 5.74) is 0.832. The fraction of sp³-hybridized carbons (Fsp3) is 0.533. The van der Waals surface area contributed by atoms with E-state index < -0.39 is 0 Å². The van der Waals surface area contributed by atoms with E-state index in [-0.39, 0.29) is 5.91 Å². The average Bonchev–Trinajstić information content (AvgIpc) is 2.75. The molecule has 102 valence electrons. The summed E-state index contributed by atoms with van der Waals surface area (Å²) in [5.74, 6) is 0.201. The van der Waals surface area contributed by atoms with Crippen LogP contribution in [0.4, 0.5) is 0 Å². The SMILES string of the molecule is O=C(c1cccc(I)c1)N1CCCN2CCCC2C1. The van der Waals surface area contributed by atoms with Gasteiger partial charge in [0.2, 0.25) is 0 Å². The van der Waals surface area contributed by atoms with Crippen molar-refractivity contribution >= 4 is 28.5 Å². The van der Waals surface area contributed by atoms with E-state index in [1.54, 1.807) is 0 Å². The smallest absolute Gasteiger partial charge is 0.253 e. The summed E-state index contributed by atoms with van der Waals surface area (Å²) in [6, 6.07) is 8.50. The van der Waals surface area contributed by atoms with Gasteiger partial charge in [-0.2, -0.15) is 0 Å². The van der Waals surface area contributed by atoms with Crippen LogP contribution in [0.5, 0.6) is 0 Å². The standard InChI is InChI=1S/C15H19IN2O/c16-13-5-1-4-12(10-13)15(19)18-9-3-8-17-7-2-6-14(17)11-18/h1,4-5,10,14H,2-3,6-9,11H2. The number of fused-ring (bicyclic) bond motifs is 1. The third-order valence-corrected chi connectivity index (χ3v) is 4.83. The summed E-state index contributed by atoms with van der Waals surface area (Å²) in [6.45, 7) is 4.18. The Morgan fingerprint density at radius 1 is 1.21 bits per heavy atom. The van der Waals surface area contributed by atoms with Crippen molar-refractivity contribution in [1.82, 2.24) is 9.80 Å². The zero-order valence-electron chi connectivity index (χ0n) is 11.0. The summed E-state index contributed by atoms with van der Waals surface area (Å²) < 4.78 is 1.13. The number of nitrogens with zero attached hydrogens (tertiary/aromatic N) is 2. The molecule has 2 fully saturated rings. The molecule has 0 aliphatic carbocycles. The topological polar surface area (TPSA) is 23.6 Å². The van der Waals surface area contributed by atoms with Gasteiger partial charge in [0.1, 0.15) is 0 Å². The van der Waals surface area contributed by atoms with Gasteiger partial charge in [0.25, 0.3) is 5.91 Å². The van der Waals surface area contributed by atoms with Crippen molar-refractivity contribution < 1.29 is 4.79 Å². The monoisotopic (exact) mass is 370 g/mol. The number of rotatable bonds is 1. The van der Waals surface area contributed by atoms with Crippen LogP contribution >= 0.6 is 22.6 Å². The zero-order chi connectivity index (χ0) is 13.2. The molecule has 0 spiro atoms. The van der Waals surface area contributed by atoms with Gasteiger partial charge in [0.05, 0.1) is 0 Å². The molecule has 3 rings (SSSR count). The van der Waals surface area contributed by atoms with Gasteiger partial charge in [0.15, 0.2) is 0 Å². The van der Waals surface area contributed by atoms with Crippen LogP contribution in [0.15, 0.2) is 24.3 Å². The fourth-order valence-electron chi connectivity index (χ4n) is 3.20. The Balaban J connectivity index is 1.75. The van der Waals surface area contributed by atoms with E-state index >= 15 is 0 Å². The van der Waals surface area contributed by atoms with Crippen molar-refractivity contribution in [2.45, 2.75) is 25.3 Å². The van der Waals surface area contributed by atoms with Gasteiger partial charge in [0, 0.05) is 34.8 Å². The van der Waals surface area contributed by atoms with Crippen LogP contribution < -0.4 is 0 Å². The molecular formula is C15H19IN2O. The van der Waals surface area contributed by atoms with Crippen LogP contribution in [0, 0.1) is 3.57 Å². The number of hydrogen-bond acceptors (Lipinski definition) is 2. The molecular weight excluding hydrogens is 351 g/mol. The number of benzene rings is 1. The first kappa shape index (κ1) is 13.4. The van der Waals surface area contributed by atoms with E-state index in [2.05, 4.69) is 32.4 Å². The molecule has 0 saturated carbocycles. The van der Waals surface area contributed by atoms with E-state index in [0.29, 0.717) is 6.04 Å². The first-order valence-electron chi connectivity index (χ1n) is 7.03. The molecule has 2 heterocycles. The Labute approximate surface area is 128 Å². The lowest BCUT2D eigenvalue weighted by atomic mass is 10.1. The highest BCUT2D eigenvalue weighted by atomic mass is 127. The summed E-state index contributed by atoms with van der Waals surface area (Å²) in [4.78, 5) is 17.2. The van der Waals surface area contributed by atoms with Gasteiger partial charge in [-0.15, -0.1) is 0 Å². The van der Waals surface area contributed by atoms with Crippen LogP contribution in [0.3, 0.4) is 0 Å². The first-order chi connectivity index (χ1) is 9.24. The molecule has 1 unspecified atom stereocenters. The highest BCUT2D eigenvalue weighted by Gasteiger charge is 2.30. The van der Waals surface area contributed by atoms with Crippen molar-refractivity contribution in [2.75, 3.05) is 26.2 Å². The molecule has 0 bridgehead atoms. The minimum atomic E-state index is 0.201. The quantitative estimate of drug-likeness (QED) is 0.710. The average molecular weight is 370 g/mol. The Bertz CT molecular complexity index is 477. The molecule has 2 aliphatic heterocycles. The molecule has 1 atom stereocenters. The van der Waals surface area contributed by atoms with Gasteiger partial charge < -0.3 is 4.90 Å². The van der Waals surface area contributed by atoms with Gasteiger partial charge >= 0.3 is 0 Å². The maximum absolute atomic E-state index is 12.6. The van der Waals surface area contributed by atoms with Gasteiger partial charge in [-0.1, -0.05) is 6.07 Å². The predicted octanol–water partition coefficient (Wildman–Crippen LogP) is 2.60. The van der Waals surface area contributed by atoms with Gasteiger partial charge in [-0.25, -0.2) is 0 Å². The minimum absolute atomic E-state index is 0.201. The number of carbonyl (C=O) groups excluding carboxylic acids is 1. The second-order valence-electron chi connectivity index (χ2n) is 5.45. The summed E-state index contributed by atoms with van der Waals surface area (Å²) in [6.07, 6.45) is 3.64. The molecule has 1 aromatic carbocycles. The zero-order valence-corrected chi connectivity index (χ0v) is 13.2. The second-order valence-corrected chi connectivity index (χ2v) is 6.69. The molecule has 3 nitrogen and oxygen atoms in total. The van der Waals surface area contributed by atoms with Crippen molar-refractivity contribution in [3.8, 4) is 0 Å². The van der Waals surface area contributed by atoms with Crippen molar-refractivity contribution in [3.63, 3.8) is 0 Å². The van der Waals surface area contributed by atoms with E-state index in [1.807, 2.05) is 24.3 Å².